The molecule has 70 heavy (non-hydrogen) atoms. The molecule has 380 valence electrons. The molecule has 0 aliphatic rings. The van der Waals surface area contributed by atoms with Crippen molar-refractivity contribution in [1.29, 1.82) is 5.26 Å². The molecule has 0 aliphatic heterocycles. The van der Waals surface area contributed by atoms with Gasteiger partial charge in [-0.05, 0) is 37.1 Å². The second-order valence-electron chi connectivity index (χ2n) is 14.8. The van der Waals surface area contributed by atoms with Crippen LogP contribution in [0.2, 0.25) is 0 Å². The Morgan fingerprint density at radius 3 is 0.814 bits per heavy atom. The van der Waals surface area contributed by atoms with E-state index < -0.39 is 195 Å². The lowest BCUT2D eigenvalue weighted by atomic mass is 9.12. The molecule has 0 radical (unpaired) electrons. The number of aromatic nitrogens is 2. The second kappa shape index (κ2) is 19.8. The van der Waals surface area contributed by atoms with E-state index in [9.17, 15) is 105 Å². The molecule has 0 saturated heterocycles. The fraction of sp³-hybridized carbons (Fsp3) is 0.293. The van der Waals surface area contributed by atoms with Crippen molar-refractivity contribution >= 4 is 28.0 Å². The van der Waals surface area contributed by atoms with E-state index in [4.69, 9.17) is 10.1 Å². The highest BCUT2D eigenvalue weighted by Gasteiger charge is 2.47. The molecule has 5 rings (SSSR count). The highest BCUT2D eigenvalue weighted by atomic mass is 19.4. The minimum absolute atomic E-state index is 0.602. The van der Waals surface area contributed by atoms with Gasteiger partial charge in [0.1, 0.15) is 6.15 Å². The summed E-state index contributed by atoms with van der Waals surface area (Å²) in [5.41, 5.74) is -30.2. The Bertz CT molecular complexity index is 2220. The summed E-state index contributed by atoms with van der Waals surface area (Å²) in [4.78, 5) is 9.18. The van der Waals surface area contributed by atoms with E-state index in [-0.39, 0.29) is 0 Å². The third-order valence-corrected chi connectivity index (χ3v) is 9.96. The van der Waals surface area contributed by atoms with Crippen molar-refractivity contribution < 1.29 is 115 Å². The molecule has 4 aromatic carbocycles. The Morgan fingerprint density at radius 1 is 0.386 bits per heavy atom. The molecule has 0 spiro atoms. The van der Waals surface area contributed by atoms with E-state index in [2.05, 4.69) is 11.1 Å². The number of hydrogen-bond donors (Lipinski definition) is 0. The molecular weight excluding hydrogens is 1020 g/mol. The van der Waals surface area contributed by atoms with Gasteiger partial charge in [-0.3, -0.25) is 9.82 Å². The van der Waals surface area contributed by atoms with Crippen molar-refractivity contribution in [3.8, 4) is 6.07 Å². The van der Waals surface area contributed by atoms with E-state index >= 15 is 0 Å². The molecule has 0 saturated carbocycles. The SMILES string of the molecule is FC(F)(F)c1cc([B-](c2cc(C(F)(F)F)cc(C(F)(F)F)c2)(c2cc(C(F)(F)F)cc(C(F)(F)F)c2)c2cc(C(F)(F)F)cc(C(F)(F)F)c2)cc(C(F)(F)F)c1.N#CCCCCO[n+]1ccncc1. The Balaban J connectivity index is 0.000000707. The number of halogens is 24. The molecule has 29 heteroatoms. The summed E-state index contributed by atoms with van der Waals surface area (Å²) >= 11 is 0. The summed E-state index contributed by atoms with van der Waals surface area (Å²) < 4.78 is 342. The van der Waals surface area contributed by atoms with Gasteiger partial charge in [0.05, 0.1) is 63.0 Å². The Labute approximate surface area is 376 Å². The van der Waals surface area contributed by atoms with Gasteiger partial charge in [0.15, 0.2) is 6.61 Å². The zero-order valence-electron chi connectivity index (χ0n) is 34.0. The minimum Gasteiger partial charge on any atom is -0.271 e. The monoisotopic (exact) mass is 1040 g/mol. The maximum atomic E-state index is 14.2. The molecular formula is C41H24BF24N3O. The minimum atomic E-state index is -6.13. The van der Waals surface area contributed by atoms with E-state index in [0.717, 1.165) is 12.8 Å². The normalized spacial score (nSPS) is 13.4. The van der Waals surface area contributed by atoms with Crippen molar-refractivity contribution in [2.45, 2.75) is 68.7 Å². The fourth-order valence-electron chi connectivity index (χ4n) is 6.94. The van der Waals surface area contributed by atoms with Crippen LogP contribution in [0.3, 0.4) is 0 Å². The number of rotatable bonds is 9. The van der Waals surface area contributed by atoms with Gasteiger partial charge in [-0.2, -0.15) is 132 Å². The number of nitriles is 1. The number of hydrogen-bond acceptors (Lipinski definition) is 3. The van der Waals surface area contributed by atoms with Crippen LogP contribution in [0.1, 0.15) is 63.8 Å². The lowest BCUT2D eigenvalue weighted by Gasteiger charge is -2.46. The predicted molar refractivity (Wildman–Crippen MR) is 195 cm³/mol. The average molecular weight is 1040 g/mol. The molecule has 0 N–H and O–H groups in total. The third-order valence-electron chi connectivity index (χ3n) is 9.96. The zero-order chi connectivity index (χ0) is 53.3. The first-order chi connectivity index (χ1) is 31.7. The van der Waals surface area contributed by atoms with Crippen LogP contribution in [0.4, 0.5) is 105 Å². The van der Waals surface area contributed by atoms with Crippen molar-refractivity contribution in [1.82, 2.24) is 4.98 Å². The summed E-state index contributed by atoms with van der Waals surface area (Å²) in [6.07, 6.45) is -45.6. The quantitative estimate of drug-likeness (QED) is 0.0640. The van der Waals surface area contributed by atoms with E-state index in [1.165, 1.54) is 0 Å². The van der Waals surface area contributed by atoms with Gasteiger partial charge in [0.25, 0.3) is 0 Å². The van der Waals surface area contributed by atoms with Crippen molar-refractivity contribution in [2.75, 3.05) is 6.61 Å². The molecule has 0 unspecified atom stereocenters. The molecule has 0 fully saturated rings. The van der Waals surface area contributed by atoms with E-state index in [1.54, 1.807) is 29.5 Å². The van der Waals surface area contributed by atoms with Crippen LogP contribution in [-0.4, -0.2) is 17.7 Å². The number of benzene rings is 4. The van der Waals surface area contributed by atoms with Gasteiger partial charge in [-0.25, -0.2) is 0 Å². The molecule has 0 bridgehead atoms. The highest BCUT2D eigenvalue weighted by molar-refractivity contribution is 7.20. The van der Waals surface area contributed by atoms with Crippen LogP contribution in [0.15, 0.2) is 97.6 Å². The van der Waals surface area contributed by atoms with Crippen molar-refractivity contribution in [3.63, 3.8) is 0 Å². The lowest BCUT2D eigenvalue weighted by Crippen LogP contribution is -2.75. The van der Waals surface area contributed by atoms with Gasteiger partial charge in [-0.1, -0.05) is 48.5 Å². The van der Waals surface area contributed by atoms with Gasteiger partial charge < -0.3 is 0 Å². The van der Waals surface area contributed by atoms with Crippen molar-refractivity contribution in [3.05, 3.63) is 142 Å². The molecule has 0 atom stereocenters. The second-order valence-corrected chi connectivity index (χ2v) is 14.8. The summed E-state index contributed by atoms with van der Waals surface area (Å²) in [6.45, 7) is 0.635. The summed E-state index contributed by atoms with van der Waals surface area (Å²) in [7, 11) is 0. The van der Waals surface area contributed by atoms with Gasteiger partial charge >= 0.3 is 49.4 Å². The van der Waals surface area contributed by atoms with Gasteiger partial charge in [0.2, 0.25) is 12.4 Å². The first-order valence-corrected chi connectivity index (χ1v) is 18.9. The predicted octanol–water partition coefficient (Wildman–Crippen LogP) is 11.7. The Hall–Kier alpha value is -6.37. The number of alkyl halides is 24. The van der Waals surface area contributed by atoms with Crippen LogP contribution in [0, 0.1) is 11.3 Å². The molecule has 4 nitrogen and oxygen atoms in total. The third kappa shape index (κ3) is 13.7. The summed E-state index contributed by atoms with van der Waals surface area (Å²) in [5.74, 6) is 0. The Kier molecular flexibility index (Phi) is 15.9. The fourth-order valence-corrected chi connectivity index (χ4v) is 6.94. The summed E-state index contributed by atoms with van der Waals surface area (Å²) in [6, 6.07) is -6.72. The van der Waals surface area contributed by atoms with E-state index in [0.29, 0.717) is 13.0 Å². The van der Waals surface area contributed by atoms with Crippen molar-refractivity contribution in [2.24, 2.45) is 0 Å². The van der Waals surface area contributed by atoms with Crippen LogP contribution < -0.4 is 31.4 Å². The van der Waals surface area contributed by atoms with E-state index in [1.807, 2.05) is 0 Å². The van der Waals surface area contributed by atoms with Crippen LogP contribution >= 0.6 is 0 Å². The first kappa shape index (κ1) is 56.2. The molecule has 1 aromatic heterocycles. The first-order valence-electron chi connectivity index (χ1n) is 18.9. The van der Waals surface area contributed by atoms with Crippen LogP contribution in [0.25, 0.3) is 0 Å². The smallest absolute Gasteiger partial charge is 0.271 e. The largest absolute Gasteiger partial charge is 0.416 e. The van der Waals surface area contributed by atoms with Crippen LogP contribution in [-0.2, 0) is 49.4 Å². The Morgan fingerprint density at radius 2 is 0.614 bits per heavy atom. The van der Waals surface area contributed by atoms with Gasteiger partial charge in [0, 0.05) is 11.2 Å². The molecule has 1 heterocycles. The lowest BCUT2D eigenvalue weighted by molar-refractivity contribution is -0.891. The standard InChI is InChI=1S/C32H12BF24.C9H12N3O/c34-25(35,36)13-1-14(26(37,38)39)6-21(5-13)33(22-7-15(27(40,41)42)2-16(8-22)28(43,44)45,23-9-17(29(46,47)48)3-18(10-23)30(49,50)51)24-11-19(31(52,53)54)4-20(12-24)32(55,56)57;10-4-2-1-3-9-13-12-7-5-11-6-8-12/h1-12H;5-8H,1-3,9H2/q-1;+1. The average Bonchev–Trinajstić information content (AvgIpc) is 3.21. The maximum absolute atomic E-state index is 14.2. The summed E-state index contributed by atoms with van der Waals surface area (Å²) in [5, 5.41) is 8.28. The van der Waals surface area contributed by atoms with Crippen LogP contribution in [0.5, 0.6) is 0 Å². The topological polar surface area (TPSA) is 49.8 Å². The number of nitrogens with zero attached hydrogens (tertiary/aromatic N) is 3. The maximum Gasteiger partial charge on any atom is 0.416 e. The number of unbranched alkanes of at least 4 members (excludes halogenated alkanes) is 2. The zero-order valence-corrected chi connectivity index (χ0v) is 34.0. The van der Waals surface area contributed by atoms with Gasteiger partial charge in [-0.15, -0.1) is 0 Å². The highest BCUT2D eigenvalue weighted by Crippen LogP contribution is 2.41. The molecule has 0 amide bonds. The molecule has 0 aliphatic carbocycles. The molecule has 5 aromatic rings.